The third kappa shape index (κ3) is 2.31. The van der Waals surface area contributed by atoms with Crippen LogP contribution < -0.4 is 5.73 Å². The number of esters is 1. The summed E-state index contributed by atoms with van der Waals surface area (Å²) >= 11 is 3.29. The van der Waals surface area contributed by atoms with Crippen LogP contribution in [0.2, 0.25) is 0 Å². The Balaban J connectivity index is 2.10. The van der Waals surface area contributed by atoms with Gasteiger partial charge in [0.15, 0.2) is 0 Å². The van der Waals surface area contributed by atoms with E-state index in [4.69, 9.17) is 10.5 Å². The number of carbonyl (C=O) groups excluding carboxylic acids is 1. The molecule has 0 bridgehead atoms. The van der Waals surface area contributed by atoms with Gasteiger partial charge in [-0.15, -0.1) is 0 Å². The first-order valence-electron chi connectivity index (χ1n) is 4.93. The number of hydrogen-bond donors (Lipinski definition) is 1. The summed E-state index contributed by atoms with van der Waals surface area (Å²) in [6.07, 6.45) is 3.19. The first-order chi connectivity index (χ1) is 7.16. The summed E-state index contributed by atoms with van der Waals surface area (Å²) < 4.78 is 6.12. The molecule has 0 amide bonds. The van der Waals surface area contributed by atoms with Gasteiger partial charge in [0.1, 0.15) is 6.10 Å². The minimum absolute atomic E-state index is 0.0977. The lowest BCUT2D eigenvalue weighted by Gasteiger charge is -2.25. The summed E-state index contributed by atoms with van der Waals surface area (Å²) in [5.41, 5.74) is 6.63. The fourth-order valence-electron chi connectivity index (χ4n) is 1.42. The Hall–Kier alpha value is -1.03. The molecule has 1 aromatic carbocycles. The number of halogens is 1. The van der Waals surface area contributed by atoms with E-state index in [1.807, 2.05) is 0 Å². The lowest BCUT2D eigenvalue weighted by Crippen LogP contribution is -2.25. The van der Waals surface area contributed by atoms with Gasteiger partial charge in [-0.25, -0.2) is 4.79 Å². The lowest BCUT2D eigenvalue weighted by atomic mass is 9.96. The van der Waals surface area contributed by atoms with Crippen molar-refractivity contribution in [3.63, 3.8) is 0 Å². The van der Waals surface area contributed by atoms with Crippen LogP contribution in [0.25, 0.3) is 0 Å². The Morgan fingerprint density at radius 1 is 1.47 bits per heavy atom. The van der Waals surface area contributed by atoms with Crippen molar-refractivity contribution in [2.24, 2.45) is 0 Å². The van der Waals surface area contributed by atoms with Crippen LogP contribution in [0.4, 0.5) is 5.69 Å². The summed E-state index contributed by atoms with van der Waals surface area (Å²) in [6, 6.07) is 5.17. The molecule has 1 aliphatic carbocycles. The van der Waals surface area contributed by atoms with Crippen LogP contribution >= 0.6 is 15.9 Å². The standard InChI is InChI=1S/C11H12BrNO2/c12-7-4-5-9(10(13)6-7)11(14)15-8-2-1-3-8/h4-6,8H,1-3,13H2. The number of rotatable bonds is 2. The molecule has 0 atom stereocenters. The average molecular weight is 270 g/mol. The van der Waals surface area contributed by atoms with Gasteiger partial charge in [0.05, 0.1) is 5.56 Å². The second-order valence-electron chi connectivity index (χ2n) is 3.69. The Labute approximate surface area is 96.7 Å². The third-order valence-electron chi connectivity index (χ3n) is 2.56. The molecule has 0 saturated heterocycles. The predicted molar refractivity (Wildman–Crippen MR) is 61.6 cm³/mol. The van der Waals surface area contributed by atoms with Crippen molar-refractivity contribution in [1.29, 1.82) is 0 Å². The summed E-state index contributed by atoms with van der Waals surface area (Å²) in [5.74, 6) is -0.315. The van der Waals surface area contributed by atoms with Crippen LogP contribution in [0.15, 0.2) is 22.7 Å². The van der Waals surface area contributed by atoms with Gasteiger partial charge in [-0.3, -0.25) is 0 Å². The Bertz CT molecular complexity index is 388. The van der Waals surface area contributed by atoms with Gasteiger partial charge in [-0.05, 0) is 37.5 Å². The fraction of sp³-hybridized carbons (Fsp3) is 0.364. The predicted octanol–water partition coefficient (Wildman–Crippen LogP) is 2.74. The highest BCUT2D eigenvalue weighted by Crippen LogP contribution is 2.25. The van der Waals surface area contributed by atoms with E-state index in [-0.39, 0.29) is 12.1 Å². The summed E-state index contributed by atoms with van der Waals surface area (Å²) in [5, 5.41) is 0. The van der Waals surface area contributed by atoms with Crippen molar-refractivity contribution in [2.75, 3.05) is 5.73 Å². The lowest BCUT2D eigenvalue weighted by molar-refractivity contribution is 0.00913. The number of ether oxygens (including phenoxy) is 1. The van der Waals surface area contributed by atoms with Gasteiger partial charge in [0, 0.05) is 10.2 Å². The first-order valence-corrected chi connectivity index (χ1v) is 5.72. The molecule has 0 aromatic heterocycles. The molecule has 0 unspecified atom stereocenters. The maximum Gasteiger partial charge on any atom is 0.340 e. The van der Waals surface area contributed by atoms with E-state index in [9.17, 15) is 4.79 Å². The number of hydrogen-bond acceptors (Lipinski definition) is 3. The molecule has 1 saturated carbocycles. The highest BCUT2D eigenvalue weighted by atomic mass is 79.9. The Morgan fingerprint density at radius 2 is 2.20 bits per heavy atom. The second kappa shape index (κ2) is 4.23. The van der Waals surface area contributed by atoms with E-state index in [1.165, 1.54) is 0 Å². The minimum atomic E-state index is -0.315. The summed E-state index contributed by atoms with van der Waals surface area (Å²) in [4.78, 5) is 11.7. The molecule has 1 aliphatic rings. The minimum Gasteiger partial charge on any atom is -0.459 e. The number of anilines is 1. The normalized spacial score (nSPS) is 15.8. The van der Waals surface area contributed by atoms with Crippen molar-refractivity contribution < 1.29 is 9.53 Å². The largest absolute Gasteiger partial charge is 0.459 e. The number of benzene rings is 1. The zero-order valence-electron chi connectivity index (χ0n) is 8.20. The van der Waals surface area contributed by atoms with E-state index < -0.39 is 0 Å². The van der Waals surface area contributed by atoms with E-state index in [0.29, 0.717) is 11.3 Å². The monoisotopic (exact) mass is 269 g/mol. The molecule has 3 nitrogen and oxygen atoms in total. The Kier molecular flexibility index (Phi) is 2.95. The van der Waals surface area contributed by atoms with Gasteiger partial charge >= 0.3 is 5.97 Å². The van der Waals surface area contributed by atoms with Crippen molar-refractivity contribution in [3.8, 4) is 0 Å². The molecular formula is C11H12BrNO2. The summed E-state index contributed by atoms with van der Waals surface area (Å²) in [7, 11) is 0. The molecule has 80 valence electrons. The topological polar surface area (TPSA) is 52.3 Å². The van der Waals surface area contributed by atoms with Crippen molar-refractivity contribution >= 4 is 27.6 Å². The van der Waals surface area contributed by atoms with E-state index >= 15 is 0 Å². The SMILES string of the molecule is Nc1cc(Br)ccc1C(=O)OC1CCC1. The van der Waals surface area contributed by atoms with Crippen LogP contribution in [0, 0.1) is 0 Å². The average Bonchev–Trinajstić information content (AvgIpc) is 2.11. The highest BCUT2D eigenvalue weighted by Gasteiger charge is 2.23. The van der Waals surface area contributed by atoms with Crippen LogP contribution in [0.1, 0.15) is 29.6 Å². The quantitative estimate of drug-likeness (QED) is 0.664. The second-order valence-corrected chi connectivity index (χ2v) is 4.61. The number of carbonyl (C=O) groups is 1. The molecule has 1 fully saturated rings. The Morgan fingerprint density at radius 3 is 2.73 bits per heavy atom. The summed E-state index contributed by atoms with van der Waals surface area (Å²) in [6.45, 7) is 0. The number of nitrogens with two attached hydrogens (primary N) is 1. The maximum atomic E-state index is 11.7. The number of nitrogen functional groups attached to an aromatic ring is 1. The molecule has 0 spiro atoms. The smallest absolute Gasteiger partial charge is 0.340 e. The van der Waals surface area contributed by atoms with Gasteiger partial charge in [0.2, 0.25) is 0 Å². The molecule has 0 radical (unpaired) electrons. The van der Waals surface area contributed by atoms with Crippen LogP contribution in [-0.4, -0.2) is 12.1 Å². The van der Waals surface area contributed by atoms with Crippen molar-refractivity contribution in [1.82, 2.24) is 0 Å². The molecule has 2 N–H and O–H groups in total. The van der Waals surface area contributed by atoms with E-state index in [2.05, 4.69) is 15.9 Å². The van der Waals surface area contributed by atoms with Crippen LogP contribution in [0.5, 0.6) is 0 Å². The molecule has 1 aromatic rings. The van der Waals surface area contributed by atoms with E-state index in [0.717, 1.165) is 23.7 Å². The van der Waals surface area contributed by atoms with Gasteiger partial charge in [-0.2, -0.15) is 0 Å². The molecule has 2 rings (SSSR count). The van der Waals surface area contributed by atoms with Gasteiger partial charge in [0.25, 0.3) is 0 Å². The fourth-order valence-corrected chi connectivity index (χ4v) is 1.80. The zero-order chi connectivity index (χ0) is 10.8. The molecule has 15 heavy (non-hydrogen) atoms. The molecule has 0 aliphatic heterocycles. The van der Waals surface area contributed by atoms with E-state index in [1.54, 1.807) is 18.2 Å². The molecular weight excluding hydrogens is 258 g/mol. The van der Waals surface area contributed by atoms with Crippen molar-refractivity contribution in [3.05, 3.63) is 28.2 Å². The molecule has 0 heterocycles. The molecule has 4 heteroatoms. The van der Waals surface area contributed by atoms with Crippen LogP contribution in [0.3, 0.4) is 0 Å². The maximum absolute atomic E-state index is 11.7. The van der Waals surface area contributed by atoms with Crippen molar-refractivity contribution in [2.45, 2.75) is 25.4 Å². The third-order valence-corrected chi connectivity index (χ3v) is 3.05. The zero-order valence-corrected chi connectivity index (χ0v) is 9.79. The van der Waals surface area contributed by atoms with Gasteiger partial charge in [-0.1, -0.05) is 15.9 Å². The van der Waals surface area contributed by atoms with Crippen LogP contribution in [-0.2, 0) is 4.74 Å². The highest BCUT2D eigenvalue weighted by molar-refractivity contribution is 9.10. The van der Waals surface area contributed by atoms with Gasteiger partial charge < -0.3 is 10.5 Å². The first kappa shape index (κ1) is 10.5.